The molecule has 3 rings (SSSR count). The van der Waals surface area contributed by atoms with Gasteiger partial charge in [-0.2, -0.15) is 0 Å². The van der Waals surface area contributed by atoms with Crippen LogP contribution in [-0.4, -0.2) is 47.0 Å². The summed E-state index contributed by atoms with van der Waals surface area (Å²) in [6, 6.07) is 9.99. The molecule has 128 valence electrons. The van der Waals surface area contributed by atoms with Gasteiger partial charge in [-0.15, -0.1) is 0 Å². The van der Waals surface area contributed by atoms with Crippen LogP contribution in [0.5, 0.6) is 0 Å². The number of hydrogen-bond acceptors (Lipinski definition) is 5. The molecule has 1 saturated heterocycles. The minimum atomic E-state index is -0.746. The lowest BCUT2D eigenvalue weighted by Gasteiger charge is -2.29. The molecule has 0 aromatic heterocycles. The SMILES string of the molecule is CC1(C)O[C@@H]([C@@H]2[C@H](O)CC[C@H]2OCc2ccccc2)[C@@H](CO)O1. The smallest absolute Gasteiger partial charge is 0.163 e. The summed E-state index contributed by atoms with van der Waals surface area (Å²) in [5.74, 6) is -0.928. The van der Waals surface area contributed by atoms with Crippen LogP contribution in [0.2, 0.25) is 0 Å². The van der Waals surface area contributed by atoms with Crippen LogP contribution in [0.25, 0.3) is 0 Å². The first kappa shape index (κ1) is 16.9. The van der Waals surface area contributed by atoms with Gasteiger partial charge in [0.05, 0.1) is 31.5 Å². The highest BCUT2D eigenvalue weighted by molar-refractivity contribution is 5.13. The Labute approximate surface area is 137 Å². The van der Waals surface area contributed by atoms with Gasteiger partial charge in [-0.05, 0) is 32.3 Å². The van der Waals surface area contributed by atoms with Crippen molar-refractivity contribution in [2.45, 2.75) is 63.5 Å². The van der Waals surface area contributed by atoms with E-state index in [1.54, 1.807) is 0 Å². The zero-order valence-electron chi connectivity index (χ0n) is 13.7. The molecule has 5 nitrogen and oxygen atoms in total. The van der Waals surface area contributed by atoms with Crippen LogP contribution in [0.1, 0.15) is 32.3 Å². The second-order valence-electron chi connectivity index (χ2n) is 6.88. The fourth-order valence-corrected chi connectivity index (χ4v) is 3.70. The lowest BCUT2D eigenvalue weighted by atomic mass is 9.92. The normalized spacial score (nSPS) is 36.4. The molecule has 0 bridgehead atoms. The first-order chi connectivity index (χ1) is 11.0. The van der Waals surface area contributed by atoms with Crippen LogP contribution < -0.4 is 0 Å². The van der Waals surface area contributed by atoms with E-state index in [2.05, 4.69) is 0 Å². The van der Waals surface area contributed by atoms with Gasteiger partial charge in [-0.3, -0.25) is 0 Å². The number of aliphatic hydroxyl groups is 2. The molecule has 5 heteroatoms. The summed E-state index contributed by atoms with van der Waals surface area (Å²) in [7, 11) is 0. The number of aliphatic hydroxyl groups excluding tert-OH is 2. The van der Waals surface area contributed by atoms with E-state index in [-0.39, 0.29) is 24.7 Å². The summed E-state index contributed by atoms with van der Waals surface area (Å²) in [6.07, 6.45) is 0.104. The Hall–Kier alpha value is -0.980. The highest BCUT2D eigenvalue weighted by Crippen LogP contribution is 2.40. The van der Waals surface area contributed by atoms with Crippen molar-refractivity contribution >= 4 is 0 Å². The predicted octanol–water partition coefficient (Wildman–Crippen LogP) is 1.86. The third-order valence-corrected chi connectivity index (χ3v) is 4.71. The number of benzene rings is 1. The minimum Gasteiger partial charge on any atom is -0.394 e. The van der Waals surface area contributed by atoms with Gasteiger partial charge in [0, 0.05) is 5.92 Å². The molecular formula is C18H26O5. The maximum atomic E-state index is 10.4. The predicted molar refractivity (Wildman–Crippen MR) is 84.7 cm³/mol. The maximum Gasteiger partial charge on any atom is 0.163 e. The van der Waals surface area contributed by atoms with Crippen LogP contribution in [0, 0.1) is 5.92 Å². The maximum absolute atomic E-state index is 10.4. The van der Waals surface area contributed by atoms with E-state index in [1.807, 2.05) is 44.2 Å². The minimum absolute atomic E-state index is 0.0956. The Morgan fingerprint density at radius 2 is 1.91 bits per heavy atom. The quantitative estimate of drug-likeness (QED) is 0.866. The van der Waals surface area contributed by atoms with Crippen molar-refractivity contribution in [3.05, 3.63) is 35.9 Å². The summed E-state index contributed by atoms with van der Waals surface area (Å²) in [6.45, 7) is 4.05. The first-order valence-electron chi connectivity index (χ1n) is 8.30. The highest BCUT2D eigenvalue weighted by Gasteiger charge is 2.51. The van der Waals surface area contributed by atoms with Gasteiger partial charge in [0.25, 0.3) is 0 Å². The van der Waals surface area contributed by atoms with Crippen LogP contribution in [0.3, 0.4) is 0 Å². The molecule has 1 aromatic carbocycles. The Morgan fingerprint density at radius 3 is 2.61 bits per heavy atom. The third kappa shape index (κ3) is 3.75. The first-order valence-corrected chi connectivity index (χ1v) is 8.30. The second kappa shape index (κ2) is 6.87. The second-order valence-corrected chi connectivity index (χ2v) is 6.88. The van der Waals surface area contributed by atoms with E-state index in [4.69, 9.17) is 14.2 Å². The van der Waals surface area contributed by atoms with Crippen LogP contribution in [0.4, 0.5) is 0 Å². The molecular weight excluding hydrogens is 296 g/mol. The lowest BCUT2D eigenvalue weighted by Crippen LogP contribution is -2.43. The van der Waals surface area contributed by atoms with Crippen molar-refractivity contribution in [3.63, 3.8) is 0 Å². The molecule has 0 radical (unpaired) electrons. The third-order valence-electron chi connectivity index (χ3n) is 4.71. The molecule has 1 aliphatic heterocycles. The molecule has 1 heterocycles. The molecule has 1 aromatic rings. The van der Waals surface area contributed by atoms with E-state index in [0.717, 1.165) is 12.0 Å². The summed E-state index contributed by atoms with van der Waals surface area (Å²) in [4.78, 5) is 0. The molecule has 2 aliphatic rings. The van der Waals surface area contributed by atoms with Crippen molar-refractivity contribution < 1.29 is 24.4 Å². The van der Waals surface area contributed by atoms with E-state index in [1.165, 1.54) is 0 Å². The Bertz CT molecular complexity index is 503. The van der Waals surface area contributed by atoms with Gasteiger partial charge in [0.1, 0.15) is 6.10 Å². The average molecular weight is 322 g/mol. The zero-order chi connectivity index (χ0) is 16.4. The van der Waals surface area contributed by atoms with E-state index < -0.39 is 18.0 Å². The number of hydrogen-bond donors (Lipinski definition) is 2. The Balaban J connectivity index is 1.68. The number of rotatable bonds is 5. The van der Waals surface area contributed by atoms with Crippen molar-refractivity contribution in [3.8, 4) is 0 Å². The molecule has 0 amide bonds. The molecule has 2 N–H and O–H groups in total. The fourth-order valence-electron chi connectivity index (χ4n) is 3.70. The highest BCUT2D eigenvalue weighted by atomic mass is 16.8. The molecule has 0 unspecified atom stereocenters. The van der Waals surface area contributed by atoms with Crippen molar-refractivity contribution in [2.24, 2.45) is 5.92 Å². The van der Waals surface area contributed by atoms with Crippen molar-refractivity contribution in [1.29, 1.82) is 0 Å². The van der Waals surface area contributed by atoms with Gasteiger partial charge < -0.3 is 24.4 Å². The summed E-state index contributed by atoms with van der Waals surface area (Å²) < 4.78 is 17.8. The van der Waals surface area contributed by atoms with Crippen molar-refractivity contribution in [1.82, 2.24) is 0 Å². The standard InChI is InChI=1S/C18H26O5/c1-18(2)22-15(10-19)17(23-18)16-13(20)8-9-14(16)21-11-12-6-4-3-5-7-12/h3-7,13-17,19-20H,8-11H2,1-2H3/t13-,14-,15-,16-,17-/m1/s1. The summed E-state index contributed by atoms with van der Waals surface area (Å²) in [5.41, 5.74) is 1.11. The molecule has 5 atom stereocenters. The van der Waals surface area contributed by atoms with E-state index in [0.29, 0.717) is 13.0 Å². The Kier molecular flexibility index (Phi) is 5.04. The Morgan fingerprint density at radius 1 is 1.17 bits per heavy atom. The van der Waals surface area contributed by atoms with Gasteiger partial charge in [-0.25, -0.2) is 0 Å². The van der Waals surface area contributed by atoms with Crippen molar-refractivity contribution in [2.75, 3.05) is 6.61 Å². The fraction of sp³-hybridized carbons (Fsp3) is 0.667. The molecule has 23 heavy (non-hydrogen) atoms. The lowest BCUT2D eigenvalue weighted by molar-refractivity contribution is -0.160. The molecule has 1 aliphatic carbocycles. The summed E-state index contributed by atoms with van der Waals surface area (Å²) in [5, 5.41) is 20.0. The largest absolute Gasteiger partial charge is 0.394 e. The van der Waals surface area contributed by atoms with E-state index >= 15 is 0 Å². The monoisotopic (exact) mass is 322 g/mol. The van der Waals surface area contributed by atoms with Gasteiger partial charge in [0.2, 0.25) is 0 Å². The van der Waals surface area contributed by atoms with E-state index in [9.17, 15) is 10.2 Å². The molecule has 1 saturated carbocycles. The van der Waals surface area contributed by atoms with Crippen LogP contribution in [0.15, 0.2) is 30.3 Å². The topological polar surface area (TPSA) is 68.2 Å². The zero-order valence-corrected chi connectivity index (χ0v) is 13.7. The molecule has 0 spiro atoms. The van der Waals surface area contributed by atoms with Gasteiger partial charge >= 0.3 is 0 Å². The van der Waals surface area contributed by atoms with Crippen LogP contribution in [-0.2, 0) is 20.8 Å². The summed E-state index contributed by atoms with van der Waals surface area (Å²) >= 11 is 0. The van der Waals surface area contributed by atoms with Gasteiger partial charge in [-0.1, -0.05) is 30.3 Å². The number of ether oxygens (including phenoxy) is 3. The molecule has 2 fully saturated rings. The van der Waals surface area contributed by atoms with Crippen LogP contribution >= 0.6 is 0 Å². The van der Waals surface area contributed by atoms with Gasteiger partial charge in [0.15, 0.2) is 5.79 Å². The average Bonchev–Trinajstić information content (AvgIpc) is 3.05.